The highest BCUT2D eigenvalue weighted by Gasteiger charge is 2.24. The fraction of sp³-hybridized carbons (Fsp3) is 0.208. The second-order valence-electron chi connectivity index (χ2n) is 7.13. The Bertz CT molecular complexity index is 1190. The fourth-order valence-electron chi connectivity index (χ4n) is 3.25. The molecule has 1 unspecified atom stereocenters. The van der Waals surface area contributed by atoms with Gasteiger partial charge >= 0.3 is 5.97 Å². The van der Waals surface area contributed by atoms with Gasteiger partial charge in [-0.3, -0.25) is 9.59 Å². The van der Waals surface area contributed by atoms with Gasteiger partial charge in [0.25, 0.3) is 11.5 Å². The molecule has 1 heterocycles. The van der Waals surface area contributed by atoms with E-state index in [0.717, 1.165) is 11.1 Å². The number of halogens is 1. The summed E-state index contributed by atoms with van der Waals surface area (Å²) in [4.78, 5) is 37.5. The van der Waals surface area contributed by atoms with E-state index in [4.69, 9.17) is 9.47 Å². The smallest absolute Gasteiger partial charge is 0.328 e. The highest BCUT2D eigenvalue weighted by molar-refractivity contribution is 9.10. The van der Waals surface area contributed by atoms with Gasteiger partial charge in [-0.25, -0.2) is 4.79 Å². The molecule has 166 valence electrons. The molecule has 0 aliphatic carbocycles. The van der Waals surface area contributed by atoms with Gasteiger partial charge in [0.1, 0.15) is 11.8 Å². The first kappa shape index (κ1) is 23.3. The summed E-state index contributed by atoms with van der Waals surface area (Å²) in [5, 5.41) is 2.74. The lowest BCUT2D eigenvalue weighted by Gasteiger charge is -2.18. The van der Waals surface area contributed by atoms with E-state index >= 15 is 0 Å². The number of aryl methyl sites for hydroxylation is 1. The van der Waals surface area contributed by atoms with Crippen molar-refractivity contribution in [2.24, 2.45) is 7.05 Å². The van der Waals surface area contributed by atoms with Crippen LogP contribution < -0.4 is 15.6 Å². The predicted octanol–water partition coefficient (Wildman–Crippen LogP) is 3.34. The number of amides is 1. The minimum atomic E-state index is -0.888. The van der Waals surface area contributed by atoms with E-state index in [9.17, 15) is 14.4 Å². The molecule has 0 aliphatic heterocycles. The third-order valence-corrected chi connectivity index (χ3v) is 5.73. The molecule has 0 saturated heterocycles. The van der Waals surface area contributed by atoms with Crippen molar-refractivity contribution in [2.75, 3.05) is 14.2 Å². The Balaban J connectivity index is 1.80. The SMILES string of the molecule is COC(=O)C(Cc1ccc(-c2cccn(C)c2=O)cc1)NC(=O)c1cc(OC)ccc1Br. The Kier molecular flexibility index (Phi) is 7.48. The van der Waals surface area contributed by atoms with Gasteiger partial charge in [0, 0.05) is 29.7 Å². The topological polar surface area (TPSA) is 86.6 Å². The van der Waals surface area contributed by atoms with E-state index < -0.39 is 17.9 Å². The van der Waals surface area contributed by atoms with Gasteiger partial charge in [-0.15, -0.1) is 0 Å². The summed E-state index contributed by atoms with van der Waals surface area (Å²) in [6.07, 6.45) is 1.93. The second kappa shape index (κ2) is 10.3. The summed E-state index contributed by atoms with van der Waals surface area (Å²) in [7, 11) is 4.48. The number of aromatic nitrogens is 1. The molecule has 8 heteroatoms. The Morgan fingerprint density at radius 1 is 1.09 bits per heavy atom. The van der Waals surface area contributed by atoms with E-state index in [1.807, 2.05) is 30.3 Å². The minimum Gasteiger partial charge on any atom is -0.497 e. The molecule has 1 N–H and O–H groups in total. The molecular weight excluding hydrogens is 476 g/mol. The Labute approximate surface area is 194 Å². The van der Waals surface area contributed by atoms with Crippen LogP contribution in [0.5, 0.6) is 5.75 Å². The van der Waals surface area contributed by atoms with Crippen molar-refractivity contribution in [1.82, 2.24) is 9.88 Å². The first-order valence-corrected chi connectivity index (χ1v) is 10.6. The quantitative estimate of drug-likeness (QED) is 0.504. The van der Waals surface area contributed by atoms with Crippen LogP contribution in [0.2, 0.25) is 0 Å². The van der Waals surface area contributed by atoms with Crippen LogP contribution in [0.4, 0.5) is 0 Å². The molecule has 0 aliphatic rings. The first-order chi connectivity index (χ1) is 15.3. The molecule has 32 heavy (non-hydrogen) atoms. The van der Waals surface area contributed by atoms with Crippen LogP contribution in [0.3, 0.4) is 0 Å². The van der Waals surface area contributed by atoms with Gasteiger partial charge in [0.05, 0.1) is 19.8 Å². The number of ether oxygens (including phenoxy) is 2. The zero-order valence-electron chi connectivity index (χ0n) is 17.9. The average molecular weight is 499 g/mol. The summed E-state index contributed by atoms with van der Waals surface area (Å²) in [5.74, 6) is -0.468. The first-order valence-electron chi connectivity index (χ1n) is 9.81. The molecule has 0 spiro atoms. The number of hydrogen-bond acceptors (Lipinski definition) is 5. The zero-order chi connectivity index (χ0) is 23.3. The van der Waals surface area contributed by atoms with Crippen molar-refractivity contribution in [3.63, 3.8) is 0 Å². The maximum atomic E-state index is 12.8. The third-order valence-electron chi connectivity index (χ3n) is 5.04. The standard InChI is InChI=1S/C24H23BrN2O5/c1-27-12-4-5-18(23(27)29)16-8-6-15(7-9-16)13-21(24(30)32-3)26-22(28)19-14-17(31-2)10-11-20(19)25/h4-12,14,21H,13H2,1-3H3,(H,26,28). The molecule has 1 amide bonds. The number of carbonyl (C=O) groups excluding carboxylic acids is 2. The van der Waals surface area contributed by atoms with Gasteiger partial charge in [-0.05, 0) is 57.4 Å². The van der Waals surface area contributed by atoms with Crippen molar-refractivity contribution < 1.29 is 19.1 Å². The van der Waals surface area contributed by atoms with E-state index in [-0.39, 0.29) is 12.0 Å². The Morgan fingerprint density at radius 2 is 1.81 bits per heavy atom. The molecule has 3 aromatic rings. The molecule has 3 rings (SSSR count). The van der Waals surface area contributed by atoms with E-state index in [1.165, 1.54) is 18.8 Å². The van der Waals surface area contributed by atoms with Crippen molar-refractivity contribution >= 4 is 27.8 Å². The Morgan fingerprint density at radius 3 is 2.47 bits per heavy atom. The predicted molar refractivity (Wildman–Crippen MR) is 125 cm³/mol. The number of pyridine rings is 1. The molecular formula is C24H23BrN2O5. The van der Waals surface area contributed by atoms with Gasteiger partial charge in [-0.1, -0.05) is 24.3 Å². The fourth-order valence-corrected chi connectivity index (χ4v) is 3.68. The van der Waals surface area contributed by atoms with Crippen LogP contribution in [0, 0.1) is 0 Å². The van der Waals surface area contributed by atoms with E-state index in [2.05, 4.69) is 21.2 Å². The molecule has 0 bridgehead atoms. The molecule has 0 radical (unpaired) electrons. The number of methoxy groups -OCH3 is 2. The number of rotatable bonds is 7. The van der Waals surface area contributed by atoms with E-state index in [0.29, 0.717) is 21.3 Å². The summed E-state index contributed by atoms with van der Waals surface area (Å²) in [6, 6.07) is 15.0. The lowest BCUT2D eigenvalue weighted by atomic mass is 10.0. The highest BCUT2D eigenvalue weighted by atomic mass is 79.9. The number of hydrogen-bond donors (Lipinski definition) is 1. The van der Waals surface area contributed by atoms with Gasteiger partial charge < -0.3 is 19.4 Å². The van der Waals surface area contributed by atoms with Crippen LogP contribution in [0.25, 0.3) is 11.1 Å². The van der Waals surface area contributed by atoms with Crippen molar-refractivity contribution in [3.05, 3.63) is 86.7 Å². The number of nitrogens with one attached hydrogen (secondary N) is 1. The van der Waals surface area contributed by atoms with Crippen LogP contribution >= 0.6 is 15.9 Å². The third kappa shape index (κ3) is 5.26. The van der Waals surface area contributed by atoms with Crippen LogP contribution in [0.1, 0.15) is 15.9 Å². The number of benzene rings is 2. The highest BCUT2D eigenvalue weighted by Crippen LogP contribution is 2.23. The summed E-state index contributed by atoms with van der Waals surface area (Å²) < 4.78 is 12.2. The summed E-state index contributed by atoms with van der Waals surface area (Å²) in [5.41, 5.74) is 2.41. The Hall–Kier alpha value is -3.39. The summed E-state index contributed by atoms with van der Waals surface area (Å²) in [6.45, 7) is 0. The monoisotopic (exact) mass is 498 g/mol. The summed E-state index contributed by atoms with van der Waals surface area (Å²) >= 11 is 3.35. The second-order valence-corrected chi connectivity index (χ2v) is 7.99. The van der Waals surface area contributed by atoms with Crippen LogP contribution in [0.15, 0.2) is 70.1 Å². The van der Waals surface area contributed by atoms with Gasteiger partial charge in [0.15, 0.2) is 0 Å². The van der Waals surface area contributed by atoms with Crippen molar-refractivity contribution in [2.45, 2.75) is 12.5 Å². The molecule has 0 saturated carbocycles. The maximum absolute atomic E-state index is 12.8. The zero-order valence-corrected chi connectivity index (χ0v) is 19.5. The molecule has 1 aromatic heterocycles. The lowest BCUT2D eigenvalue weighted by molar-refractivity contribution is -0.142. The largest absolute Gasteiger partial charge is 0.497 e. The van der Waals surface area contributed by atoms with Gasteiger partial charge in [0.2, 0.25) is 0 Å². The van der Waals surface area contributed by atoms with E-state index in [1.54, 1.807) is 37.5 Å². The number of carbonyl (C=O) groups is 2. The number of nitrogens with zero attached hydrogens (tertiary/aromatic N) is 1. The molecule has 0 fully saturated rings. The lowest BCUT2D eigenvalue weighted by Crippen LogP contribution is -2.43. The molecule has 7 nitrogen and oxygen atoms in total. The van der Waals surface area contributed by atoms with Crippen LogP contribution in [-0.4, -0.2) is 36.7 Å². The minimum absolute atomic E-state index is 0.0937. The number of esters is 1. The molecule has 1 atom stereocenters. The normalized spacial score (nSPS) is 11.5. The van der Waals surface area contributed by atoms with Gasteiger partial charge in [-0.2, -0.15) is 0 Å². The average Bonchev–Trinajstić information content (AvgIpc) is 2.80. The maximum Gasteiger partial charge on any atom is 0.328 e. The van der Waals surface area contributed by atoms with Crippen LogP contribution in [-0.2, 0) is 23.0 Å². The molecule has 2 aromatic carbocycles. The van der Waals surface area contributed by atoms with Crippen molar-refractivity contribution in [1.29, 1.82) is 0 Å². The van der Waals surface area contributed by atoms with Crippen molar-refractivity contribution in [3.8, 4) is 16.9 Å².